The number of aromatic nitrogens is 1. The van der Waals surface area contributed by atoms with Gasteiger partial charge in [-0.2, -0.15) is 0 Å². The number of aryl methyl sites for hydroxylation is 1. The van der Waals surface area contributed by atoms with E-state index in [2.05, 4.69) is 13.8 Å². The van der Waals surface area contributed by atoms with Crippen molar-refractivity contribution in [3.63, 3.8) is 0 Å². The highest BCUT2D eigenvalue weighted by Gasteiger charge is 2.48. The number of esters is 1. The molecule has 1 unspecified atom stereocenters. The summed E-state index contributed by atoms with van der Waals surface area (Å²) in [6, 6.07) is 1.72. The van der Waals surface area contributed by atoms with Gasteiger partial charge in [0.05, 0.1) is 12.2 Å². The summed E-state index contributed by atoms with van der Waals surface area (Å²) in [4.78, 5) is 24.2. The largest absolute Gasteiger partial charge is 0.462 e. The molecule has 0 N–H and O–H groups in total. The summed E-state index contributed by atoms with van der Waals surface area (Å²) < 4.78 is 6.83. The van der Waals surface area contributed by atoms with Crippen LogP contribution < -0.4 is 5.56 Å². The molecule has 1 heterocycles. The van der Waals surface area contributed by atoms with E-state index in [-0.39, 0.29) is 23.0 Å². The van der Waals surface area contributed by atoms with Crippen LogP contribution in [0, 0.1) is 19.3 Å². The Morgan fingerprint density at radius 1 is 1.47 bits per heavy atom. The Morgan fingerprint density at radius 2 is 2.05 bits per heavy atom. The van der Waals surface area contributed by atoms with Crippen LogP contribution in [-0.4, -0.2) is 17.1 Å². The monoisotopic (exact) mass is 263 g/mol. The Balaban J connectivity index is 2.55. The van der Waals surface area contributed by atoms with E-state index in [1.54, 1.807) is 18.4 Å². The summed E-state index contributed by atoms with van der Waals surface area (Å²) >= 11 is 0. The van der Waals surface area contributed by atoms with E-state index in [4.69, 9.17) is 4.74 Å². The molecule has 0 aromatic carbocycles. The number of nitrogens with zero attached hydrogens (tertiary/aromatic N) is 1. The minimum Gasteiger partial charge on any atom is -0.462 e. The maximum Gasteiger partial charge on any atom is 0.340 e. The fourth-order valence-corrected chi connectivity index (χ4v) is 2.68. The molecule has 1 aromatic heterocycles. The van der Waals surface area contributed by atoms with Crippen LogP contribution >= 0.6 is 0 Å². The normalized spacial score (nSPS) is 20.2. The van der Waals surface area contributed by atoms with Crippen LogP contribution in [0.4, 0.5) is 0 Å². The van der Waals surface area contributed by atoms with Gasteiger partial charge in [-0.15, -0.1) is 0 Å². The highest BCUT2D eigenvalue weighted by Crippen LogP contribution is 2.55. The van der Waals surface area contributed by atoms with Crippen LogP contribution in [0.25, 0.3) is 0 Å². The highest BCUT2D eigenvalue weighted by molar-refractivity contribution is 5.92. The zero-order valence-corrected chi connectivity index (χ0v) is 12.2. The molecule has 0 amide bonds. The number of hydrogen-bond donors (Lipinski definition) is 0. The fraction of sp³-hybridized carbons (Fsp3) is 0.600. The van der Waals surface area contributed by atoms with Crippen molar-refractivity contribution in [1.29, 1.82) is 0 Å². The molecule has 1 aromatic rings. The van der Waals surface area contributed by atoms with Gasteiger partial charge < -0.3 is 9.30 Å². The standard InChI is InChI=1S/C15H21NO3/c1-6-19-14(18)13-9(2)7-12(17)16(10(13)3)11-8-15(11,4)5/h7,11H,6,8H2,1-5H3. The molecular weight excluding hydrogens is 242 g/mol. The Labute approximate surface area is 113 Å². The summed E-state index contributed by atoms with van der Waals surface area (Å²) in [7, 11) is 0. The van der Waals surface area contributed by atoms with Gasteiger partial charge in [-0.05, 0) is 38.2 Å². The number of hydrogen-bond acceptors (Lipinski definition) is 3. The molecular formula is C15H21NO3. The van der Waals surface area contributed by atoms with Gasteiger partial charge in [0.25, 0.3) is 5.56 Å². The molecule has 0 aliphatic heterocycles. The van der Waals surface area contributed by atoms with E-state index in [1.165, 1.54) is 6.07 Å². The SMILES string of the molecule is CCOC(=O)c1c(C)cc(=O)n(C2CC2(C)C)c1C. The Hall–Kier alpha value is -1.58. The average Bonchev–Trinajstić information content (AvgIpc) is 2.86. The van der Waals surface area contributed by atoms with Gasteiger partial charge in [0.1, 0.15) is 0 Å². The lowest BCUT2D eigenvalue weighted by molar-refractivity contribution is 0.0523. The fourth-order valence-electron chi connectivity index (χ4n) is 2.68. The summed E-state index contributed by atoms with van der Waals surface area (Å²) in [5.74, 6) is -0.343. The number of pyridine rings is 1. The maximum absolute atomic E-state index is 12.2. The van der Waals surface area contributed by atoms with Gasteiger partial charge in [0, 0.05) is 17.8 Å². The first-order chi connectivity index (χ1) is 8.79. The van der Waals surface area contributed by atoms with E-state index < -0.39 is 0 Å². The minimum absolute atomic E-state index is 0.0291. The van der Waals surface area contributed by atoms with E-state index in [9.17, 15) is 9.59 Å². The molecule has 2 rings (SSSR count). The second-order valence-corrected chi connectivity index (χ2v) is 5.92. The van der Waals surface area contributed by atoms with Crippen LogP contribution in [0.5, 0.6) is 0 Å². The number of rotatable bonds is 3. The Morgan fingerprint density at radius 3 is 2.53 bits per heavy atom. The first-order valence-electron chi connectivity index (χ1n) is 6.69. The number of carbonyl (C=O) groups is 1. The lowest BCUT2D eigenvalue weighted by Crippen LogP contribution is -2.26. The van der Waals surface area contributed by atoms with E-state index in [0.29, 0.717) is 17.7 Å². The average molecular weight is 263 g/mol. The molecule has 0 radical (unpaired) electrons. The summed E-state index contributed by atoms with van der Waals surface area (Å²) in [6.45, 7) is 9.99. The zero-order valence-electron chi connectivity index (χ0n) is 12.2. The molecule has 1 aliphatic carbocycles. The van der Waals surface area contributed by atoms with Crippen molar-refractivity contribution in [2.75, 3.05) is 6.61 Å². The highest BCUT2D eigenvalue weighted by atomic mass is 16.5. The number of ether oxygens (including phenoxy) is 1. The van der Waals surface area contributed by atoms with E-state index in [1.807, 2.05) is 6.92 Å². The molecule has 4 heteroatoms. The Kier molecular flexibility index (Phi) is 3.29. The molecule has 1 saturated carbocycles. The third-order valence-corrected chi connectivity index (χ3v) is 3.95. The Bertz CT molecular complexity index is 584. The molecule has 104 valence electrons. The molecule has 0 saturated heterocycles. The van der Waals surface area contributed by atoms with Crippen molar-refractivity contribution in [1.82, 2.24) is 4.57 Å². The van der Waals surface area contributed by atoms with Gasteiger partial charge in [0.2, 0.25) is 0 Å². The zero-order chi connectivity index (χ0) is 14.4. The van der Waals surface area contributed by atoms with Crippen molar-refractivity contribution in [3.05, 3.63) is 33.2 Å². The molecule has 0 bridgehead atoms. The van der Waals surface area contributed by atoms with Crippen molar-refractivity contribution >= 4 is 5.97 Å². The predicted molar refractivity (Wildman–Crippen MR) is 73.6 cm³/mol. The van der Waals surface area contributed by atoms with Gasteiger partial charge in [-0.3, -0.25) is 4.79 Å². The quantitative estimate of drug-likeness (QED) is 0.788. The molecule has 4 nitrogen and oxygen atoms in total. The van der Waals surface area contributed by atoms with Crippen molar-refractivity contribution < 1.29 is 9.53 Å². The summed E-state index contributed by atoms with van der Waals surface area (Å²) in [5, 5.41) is 0. The first kappa shape index (κ1) is 13.8. The summed E-state index contributed by atoms with van der Waals surface area (Å²) in [5.41, 5.74) is 2.05. The molecule has 0 spiro atoms. The summed E-state index contributed by atoms with van der Waals surface area (Å²) in [6.07, 6.45) is 0.971. The molecule has 19 heavy (non-hydrogen) atoms. The predicted octanol–water partition coefficient (Wildman–Crippen LogP) is 2.61. The lowest BCUT2D eigenvalue weighted by atomic mass is 10.1. The van der Waals surface area contributed by atoms with Gasteiger partial charge in [0.15, 0.2) is 0 Å². The minimum atomic E-state index is -0.343. The van der Waals surface area contributed by atoms with Crippen LogP contribution in [-0.2, 0) is 4.74 Å². The van der Waals surface area contributed by atoms with Crippen LogP contribution in [0.3, 0.4) is 0 Å². The second kappa shape index (κ2) is 4.51. The van der Waals surface area contributed by atoms with E-state index >= 15 is 0 Å². The van der Waals surface area contributed by atoms with Crippen LogP contribution in [0.15, 0.2) is 10.9 Å². The number of carbonyl (C=O) groups excluding carboxylic acids is 1. The van der Waals surface area contributed by atoms with Gasteiger partial charge in [-0.25, -0.2) is 4.79 Å². The van der Waals surface area contributed by atoms with Crippen molar-refractivity contribution in [2.24, 2.45) is 5.41 Å². The van der Waals surface area contributed by atoms with Gasteiger partial charge >= 0.3 is 5.97 Å². The topological polar surface area (TPSA) is 48.3 Å². The van der Waals surface area contributed by atoms with Crippen molar-refractivity contribution in [3.8, 4) is 0 Å². The maximum atomic E-state index is 12.2. The third-order valence-electron chi connectivity index (χ3n) is 3.95. The van der Waals surface area contributed by atoms with Crippen molar-refractivity contribution in [2.45, 2.75) is 47.1 Å². The van der Waals surface area contributed by atoms with Crippen LogP contribution in [0.1, 0.15) is 54.8 Å². The molecule has 1 fully saturated rings. The third kappa shape index (κ3) is 2.31. The van der Waals surface area contributed by atoms with E-state index in [0.717, 1.165) is 12.1 Å². The molecule has 1 aliphatic rings. The van der Waals surface area contributed by atoms with Gasteiger partial charge in [-0.1, -0.05) is 13.8 Å². The molecule has 1 atom stereocenters. The smallest absolute Gasteiger partial charge is 0.340 e. The lowest BCUT2D eigenvalue weighted by Gasteiger charge is -2.16. The first-order valence-corrected chi connectivity index (χ1v) is 6.69. The second-order valence-electron chi connectivity index (χ2n) is 5.92. The van der Waals surface area contributed by atoms with Crippen LogP contribution in [0.2, 0.25) is 0 Å².